The molecule has 0 aromatic rings. The van der Waals surface area contributed by atoms with Crippen molar-refractivity contribution < 1.29 is 80.2 Å². The van der Waals surface area contributed by atoms with E-state index in [0.29, 0.717) is 25.7 Å². The van der Waals surface area contributed by atoms with Crippen molar-refractivity contribution in [1.82, 2.24) is 0 Å². The Bertz CT molecular complexity index is 1930. The molecule has 0 fully saturated rings. The van der Waals surface area contributed by atoms with Gasteiger partial charge in [-0.3, -0.25) is 37.3 Å². The SMILES string of the molecule is CCCCCCCCCCCCCCCCCCCCCCC(=O)O[C@H](COC(=O)CCCCCCCCCCCCCCCCCC)COP(=O)(O)OC[C@@H](O)COP(=O)(O)OC[C@@H](COC(=O)CCCCCCCCCCCCC)OC(=O)CCCCCCCCCCCCCCCCC. The van der Waals surface area contributed by atoms with Crippen molar-refractivity contribution in [3.05, 3.63) is 0 Å². The highest BCUT2D eigenvalue weighted by molar-refractivity contribution is 7.47. The molecule has 3 N–H and O–H groups in total. The molecule has 102 heavy (non-hydrogen) atoms. The minimum absolute atomic E-state index is 0.109. The lowest BCUT2D eigenvalue weighted by Crippen LogP contribution is -2.30. The second-order valence-corrected chi connectivity index (χ2v) is 32.8. The third-order valence-electron chi connectivity index (χ3n) is 19.6. The van der Waals surface area contributed by atoms with Gasteiger partial charge in [-0.1, -0.05) is 400 Å². The van der Waals surface area contributed by atoms with Gasteiger partial charge in [0.25, 0.3) is 0 Å². The highest BCUT2D eigenvalue weighted by Gasteiger charge is 2.30. The number of aliphatic hydroxyl groups is 1. The Morgan fingerprint density at radius 2 is 0.392 bits per heavy atom. The van der Waals surface area contributed by atoms with E-state index >= 15 is 0 Å². The third kappa shape index (κ3) is 76.3. The van der Waals surface area contributed by atoms with Gasteiger partial charge in [0.05, 0.1) is 26.4 Å². The quantitative estimate of drug-likeness (QED) is 0.0222. The fraction of sp³-hybridized carbons (Fsp3) is 0.952. The zero-order valence-corrected chi connectivity index (χ0v) is 68.4. The van der Waals surface area contributed by atoms with E-state index in [9.17, 15) is 43.2 Å². The first-order valence-corrected chi connectivity index (χ1v) is 46.3. The van der Waals surface area contributed by atoms with Gasteiger partial charge in [0.1, 0.15) is 19.3 Å². The Morgan fingerprint density at radius 3 is 0.578 bits per heavy atom. The standard InChI is InChI=1S/C83H162O17P2/c1-5-9-13-17-21-25-29-32-35-37-38-39-40-43-46-50-54-58-62-66-70-83(88)100-79(74-94-81(86)68-64-60-56-52-48-44-42-36-33-30-26-22-18-14-10-6-2)76-98-102(91,92)96-72-77(84)71-95-101(89,90)97-75-78(73-93-80(85)67-63-59-55-51-47-28-24-20-16-12-8-4)99-82(87)69-65-61-57-53-49-45-41-34-31-27-23-19-15-11-7-3/h77-79,84H,5-76H2,1-4H3,(H,89,90)(H,91,92)/t77-,78+,79+/m0/s1. The van der Waals surface area contributed by atoms with Crippen LogP contribution in [0.5, 0.6) is 0 Å². The molecule has 0 aromatic heterocycles. The Kier molecular flexibility index (Phi) is 75.8. The number of esters is 4. The van der Waals surface area contributed by atoms with Crippen LogP contribution in [0, 0.1) is 0 Å². The summed E-state index contributed by atoms with van der Waals surface area (Å²) in [5.74, 6) is -2.10. The smallest absolute Gasteiger partial charge is 0.462 e. The predicted octanol–water partition coefficient (Wildman–Crippen LogP) is 25.4. The molecule has 17 nitrogen and oxygen atoms in total. The molecule has 2 unspecified atom stereocenters. The molecule has 0 radical (unpaired) electrons. The number of ether oxygens (including phenoxy) is 4. The number of phosphoric ester groups is 2. The number of carbonyl (C=O) groups is 4. The van der Waals surface area contributed by atoms with Gasteiger partial charge >= 0.3 is 39.5 Å². The second kappa shape index (κ2) is 77.2. The molecule has 0 aromatic carbocycles. The Balaban J connectivity index is 5.24. The van der Waals surface area contributed by atoms with Gasteiger partial charge in [-0.05, 0) is 25.7 Å². The van der Waals surface area contributed by atoms with Crippen LogP contribution in [0.3, 0.4) is 0 Å². The van der Waals surface area contributed by atoms with Crippen LogP contribution in [0.15, 0.2) is 0 Å². The Labute approximate surface area is 626 Å². The molecule has 606 valence electrons. The summed E-state index contributed by atoms with van der Waals surface area (Å²) < 4.78 is 68.8. The van der Waals surface area contributed by atoms with Gasteiger partial charge in [-0.25, -0.2) is 9.13 Å². The molecule has 0 aliphatic rings. The summed E-state index contributed by atoms with van der Waals surface area (Å²) in [4.78, 5) is 73.1. The van der Waals surface area contributed by atoms with Gasteiger partial charge in [0.15, 0.2) is 12.2 Å². The summed E-state index contributed by atoms with van der Waals surface area (Å²) in [5.41, 5.74) is 0. The van der Waals surface area contributed by atoms with Gasteiger partial charge < -0.3 is 33.8 Å². The highest BCUT2D eigenvalue weighted by Crippen LogP contribution is 2.45. The van der Waals surface area contributed by atoms with Crippen LogP contribution in [0.1, 0.15) is 451 Å². The van der Waals surface area contributed by atoms with E-state index in [1.165, 1.54) is 283 Å². The number of phosphoric acid groups is 2. The van der Waals surface area contributed by atoms with Crippen molar-refractivity contribution in [3.63, 3.8) is 0 Å². The number of hydrogen-bond donors (Lipinski definition) is 3. The molecule has 0 aliphatic heterocycles. The van der Waals surface area contributed by atoms with Crippen molar-refractivity contribution in [1.29, 1.82) is 0 Å². The summed E-state index contributed by atoms with van der Waals surface area (Å²) in [6.45, 7) is 5.04. The monoisotopic (exact) mass is 1490 g/mol. The second-order valence-electron chi connectivity index (χ2n) is 29.9. The normalized spacial score (nSPS) is 13.8. The summed E-state index contributed by atoms with van der Waals surface area (Å²) >= 11 is 0. The molecule has 0 spiro atoms. The van der Waals surface area contributed by atoms with Gasteiger partial charge in [-0.2, -0.15) is 0 Å². The maximum Gasteiger partial charge on any atom is 0.472 e. The van der Waals surface area contributed by atoms with Gasteiger partial charge in [-0.15, -0.1) is 0 Å². The third-order valence-corrected chi connectivity index (χ3v) is 21.5. The first-order chi connectivity index (χ1) is 49.7. The molecule has 0 bridgehead atoms. The summed E-state index contributed by atoms with van der Waals surface area (Å²) in [5, 5.41) is 10.7. The lowest BCUT2D eigenvalue weighted by atomic mass is 10.0. The number of rotatable bonds is 84. The van der Waals surface area contributed by atoms with Crippen LogP contribution >= 0.6 is 15.6 Å². The maximum atomic E-state index is 13.1. The minimum Gasteiger partial charge on any atom is -0.462 e. The molecule has 0 rings (SSSR count). The van der Waals surface area contributed by atoms with E-state index < -0.39 is 97.5 Å². The van der Waals surface area contributed by atoms with E-state index in [-0.39, 0.29) is 25.7 Å². The van der Waals surface area contributed by atoms with Crippen LogP contribution < -0.4 is 0 Å². The average molecular weight is 1490 g/mol. The van der Waals surface area contributed by atoms with Crippen LogP contribution in [-0.4, -0.2) is 96.7 Å². The summed E-state index contributed by atoms with van der Waals surface area (Å²) in [6.07, 6.45) is 70.7. The molecular formula is C83H162O17P2. The van der Waals surface area contributed by atoms with Gasteiger partial charge in [0, 0.05) is 25.7 Å². The van der Waals surface area contributed by atoms with E-state index in [0.717, 1.165) is 89.9 Å². The van der Waals surface area contributed by atoms with Crippen molar-refractivity contribution in [2.45, 2.75) is 470 Å². The largest absolute Gasteiger partial charge is 0.472 e. The lowest BCUT2D eigenvalue weighted by molar-refractivity contribution is -0.161. The molecule has 5 atom stereocenters. The van der Waals surface area contributed by atoms with Crippen molar-refractivity contribution >= 4 is 39.5 Å². The van der Waals surface area contributed by atoms with Crippen LogP contribution in [-0.2, 0) is 65.4 Å². The zero-order chi connectivity index (χ0) is 74.6. The number of carbonyl (C=O) groups excluding carboxylic acids is 4. The van der Waals surface area contributed by atoms with Crippen molar-refractivity contribution in [3.8, 4) is 0 Å². The Hall–Kier alpha value is -1.94. The maximum absolute atomic E-state index is 13.1. The molecule has 0 heterocycles. The zero-order valence-electron chi connectivity index (χ0n) is 66.6. The summed E-state index contributed by atoms with van der Waals surface area (Å²) in [6, 6.07) is 0. The average Bonchev–Trinajstić information content (AvgIpc) is 0.915. The fourth-order valence-electron chi connectivity index (χ4n) is 13.0. The lowest BCUT2D eigenvalue weighted by Gasteiger charge is -2.21. The van der Waals surface area contributed by atoms with Crippen LogP contribution in [0.2, 0.25) is 0 Å². The number of unbranched alkanes of at least 4 members (excludes halogenated alkanes) is 58. The van der Waals surface area contributed by atoms with E-state index in [1.807, 2.05) is 0 Å². The van der Waals surface area contributed by atoms with Crippen molar-refractivity contribution in [2.24, 2.45) is 0 Å². The highest BCUT2D eigenvalue weighted by atomic mass is 31.2. The number of hydrogen-bond acceptors (Lipinski definition) is 15. The van der Waals surface area contributed by atoms with Crippen LogP contribution in [0.25, 0.3) is 0 Å². The van der Waals surface area contributed by atoms with E-state index in [1.54, 1.807) is 0 Å². The van der Waals surface area contributed by atoms with Crippen molar-refractivity contribution in [2.75, 3.05) is 39.6 Å². The van der Waals surface area contributed by atoms with Gasteiger partial charge in [0.2, 0.25) is 0 Å². The molecule has 0 saturated carbocycles. The van der Waals surface area contributed by atoms with Crippen LogP contribution in [0.4, 0.5) is 0 Å². The molecule has 0 aliphatic carbocycles. The number of aliphatic hydroxyl groups excluding tert-OH is 1. The van der Waals surface area contributed by atoms with E-state index in [2.05, 4.69) is 27.7 Å². The van der Waals surface area contributed by atoms with E-state index in [4.69, 9.17) is 37.0 Å². The first kappa shape index (κ1) is 100. The topological polar surface area (TPSA) is 237 Å². The minimum atomic E-state index is -4.96. The fourth-order valence-corrected chi connectivity index (χ4v) is 14.6. The first-order valence-electron chi connectivity index (χ1n) is 43.3. The molecule has 19 heteroatoms. The summed E-state index contributed by atoms with van der Waals surface area (Å²) in [7, 11) is -9.92. The Morgan fingerprint density at radius 1 is 0.235 bits per heavy atom. The predicted molar refractivity (Wildman–Crippen MR) is 419 cm³/mol. The molecular weight excluding hydrogens is 1330 g/mol. The molecule has 0 amide bonds. The molecule has 0 saturated heterocycles.